The van der Waals surface area contributed by atoms with Crippen molar-refractivity contribution in [3.63, 3.8) is 0 Å². The van der Waals surface area contributed by atoms with Gasteiger partial charge < -0.3 is 9.84 Å². The maximum absolute atomic E-state index is 12.7. The lowest BCUT2D eigenvalue weighted by atomic mass is 10.1. The largest absolute Gasteiger partial charge is 0.384 e. The van der Waals surface area contributed by atoms with Crippen LogP contribution in [0.2, 0.25) is 0 Å². The predicted molar refractivity (Wildman–Crippen MR) is 79.3 cm³/mol. The van der Waals surface area contributed by atoms with Gasteiger partial charge in [0.25, 0.3) is 0 Å². The quantitative estimate of drug-likeness (QED) is 0.837. The SMILES string of the molecule is Cc1ccc(C#CCO)cc1S(=O)(=O)N(C)C1CCOC1. The van der Waals surface area contributed by atoms with E-state index in [-0.39, 0.29) is 17.5 Å². The number of aliphatic hydroxyl groups excluding tert-OH is 1. The zero-order chi connectivity index (χ0) is 15.5. The summed E-state index contributed by atoms with van der Waals surface area (Å²) in [6.07, 6.45) is 0.707. The summed E-state index contributed by atoms with van der Waals surface area (Å²) >= 11 is 0. The lowest BCUT2D eigenvalue weighted by Crippen LogP contribution is -2.37. The molecule has 1 N–H and O–H groups in total. The van der Waals surface area contributed by atoms with Gasteiger partial charge in [0.05, 0.1) is 17.5 Å². The molecule has 0 aromatic heterocycles. The van der Waals surface area contributed by atoms with E-state index in [4.69, 9.17) is 9.84 Å². The number of sulfonamides is 1. The highest BCUT2D eigenvalue weighted by molar-refractivity contribution is 7.89. The molecule has 114 valence electrons. The molecule has 1 heterocycles. The van der Waals surface area contributed by atoms with Crippen molar-refractivity contribution < 1.29 is 18.3 Å². The van der Waals surface area contributed by atoms with Crippen LogP contribution in [0.15, 0.2) is 23.1 Å². The Balaban J connectivity index is 2.38. The standard InChI is InChI=1S/C15H19NO4S/c1-12-5-6-13(4-3-8-17)10-15(12)21(18,19)16(2)14-7-9-20-11-14/h5-6,10,14,17H,7-9,11H2,1-2H3. The second kappa shape index (κ2) is 6.58. The zero-order valence-corrected chi connectivity index (χ0v) is 13.0. The van der Waals surface area contributed by atoms with Crippen molar-refractivity contribution in [2.45, 2.75) is 24.3 Å². The second-order valence-electron chi connectivity index (χ2n) is 4.98. The van der Waals surface area contributed by atoms with Crippen molar-refractivity contribution in [1.29, 1.82) is 0 Å². The van der Waals surface area contributed by atoms with Crippen molar-refractivity contribution in [2.75, 3.05) is 26.9 Å². The minimum atomic E-state index is -3.58. The number of benzene rings is 1. The van der Waals surface area contributed by atoms with Gasteiger partial charge in [-0.25, -0.2) is 8.42 Å². The molecule has 1 fully saturated rings. The van der Waals surface area contributed by atoms with Crippen molar-refractivity contribution in [1.82, 2.24) is 4.31 Å². The Hall–Kier alpha value is -1.39. The van der Waals surface area contributed by atoms with Crippen LogP contribution in [0.25, 0.3) is 0 Å². The smallest absolute Gasteiger partial charge is 0.243 e. The van der Waals surface area contributed by atoms with Crippen LogP contribution in [0.1, 0.15) is 17.5 Å². The Morgan fingerprint density at radius 2 is 2.24 bits per heavy atom. The van der Waals surface area contributed by atoms with Crippen molar-refractivity contribution in [2.24, 2.45) is 0 Å². The number of hydrogen-bond donors (Lipinski definition) is 1. The second-order valence-corrected chi connectivity index (χ2v) is 6.94. The van der Waals surface area contributed by atoms with Gasteiger partial charge in [-0.3, -0.25) is 0 Å². The molecule has 0 saturated carbocycles. The van der Waals surface area contributed by atoms with Crippen molar-refractivity contribution in [3.8, 4) is 11.8 Å². The topological polar surface area (TPSA) is 66.8 Å². The van der Waals surface area contributed by atoms with Crippen molar-refractivity contribution in [3.05, 3.63) is 29.3 Å². The molecule has 5 nitrogen and oxygen atoms in total. The van der Waals surface area contributed by atoms with Gasteiger partial charge in [-0.15, -0.1) is 0 Å². The van der Waals surface area contributed by atoms with E-state index in [9.17, 15) is 8.42 Å². The lowest BCUT2D eigenvalue weighted by Gasteiger charge is -2.23. The fourth-order valence-electron chi connectivity index (χ4n) is 2.26. The van der Waals surface area contributed by atoms with Gasteiger partial charge in [-0.2, -0.15) is 4.31 Å². The minimum absolute atomic E-state index is 0.124. The zero-order valence-electron chi connectivity index (χ0n) is 12.2. The molecule has 1 unspecified atom stereocenters. The van der Waals surface area contributed by atoms with Crippen LogP contribution in [-0.2, 0) is 14.8 Å². The molecule has 1 saturated heterocycles. The number of hydrogen-bond acceptors (Lipinski definition) is 4. The maximum Gasteiger partial charge on any atom is 0.243 e. The average Bonchev–Trinajstić information content (AvgIpc) is 2.99. The van der Waals surface area contributed by atoms with E-state index in [2.05, 4.69) is 11.8 Å². The fourth-order valence-corrected chi connectivity index (χ4v) is 3.88. The molecule has 21 heavy (non-hydrogen) atoms. The highest BCUT2D eigenvalue weighted by Gasteiger charge is 2.31. The molecule has 0 bridgehead atoms. The molecule has 0 amide bonds. The summed E-state index contributed by atoms with van der Waals surface area (Å²) in [5.74, 6) is 5.26. The summed E-state index contributed by atoms with van der Waals surface area (Å²) in [5.41, 5.74) is 1.25. The first kappa shape index (κ1) is 16.0. The third kappa shape index (κ3) is 3.44. The van der Waals surface area contributed by atoms with Crippen LogP contribution in [0.5, 0.6) is 0 Å². The van der Waals surface area contributed by atoms with E-state index in [1.807, 2.05) is 0 Å². The Morgan fingerprint density at radius 1 is 1.48 bits per heavy atom. The Morgan fingerprint density at radius 3 is 2.86 bits per heavy atom. The van der Waals surface area contributed by atoms with E-state index in [1.54, 1.807) is 32.2 Å². The van der Waals surface area contributed by atoms with Gasteiger partial charge in [0.15, 0.2) is 0 Å². The van der Waals surface area contributed by atoms with E-state index in [0.29, 0.717) is 30.8 Å². The third-order valence-electron chi connectivity index (χ3n) is 3.58. The van der Waals surface area contributed by atoms with Crippen molar-refractivity contribution >= 4 is 10.0 Å². The summed E-state index contributed by atoms with van der Waals surface area (Å²) in [6, 6.07) is 4.91. The number of ether oxygens (including phenoxy) is 1. The Labute approximate surface area is 125 Å². The molecule has 1 atom stereocenters. The summed E-state index contributed by atoms with van der Waals surface area (Å²) in [4.78, 5) is 0.252. The maximum atomic E-state index is 12.7. The normalized spacial score (nSPS) is 18.6. The first-order chi connectivity index (χ1) is 9.96. The molecule has 1 aliphatic rings. The van der Waals surface area contributed by atoms with Gasteiger partial charge in [-0.1, -0.05) is 17.9 Å². The molecular weight excluding hydrogens is 290 g/mol. The summed E-state index contributed by atoms with van der Waals surface area (Å²) in [6.45, 7) is 2.52. The Bertz CT molecular complexity index is 667. The number of likely N-dealkylation sites (N-methyl/N-ethyl adjacent to an activating group) is 1. The molecule has 1 aromatic carbocycles. The molecule has 1 aromatic rings. The molecule has 6 heteroatoms. The highest BCUT2D eigenvalue weighted by Crippen LogP contribution is 2.24. The van der Waals surface area contributed by atoms with Crippen LogP contribution < -0.4 is 0 Å². The monoisotopic (exact) mass is 309 g/mol. The van der Waals surface area contributed by atoms with Gasteiger partial charge >= 0.3 is 0 Å². The molecule has 2 rings (SSSR count). The minimum Gasteiger partial charge on any atom is -0.384 e. The van der Waals surface area contributed by atoms with E-state index >= 15 is 0 Å². The van der Waals surface area contributed by atoms with E-state index in [0.717, 1.165) is 0 Å². The first-order valence-corrected chi connectivity index (χ1v) is 8.17. The lowest BCUT2D eigenvalue weighted by molar-refractivity contribution is 0.181. The van der Waals surface area contributed by atoms with Gasteiger partial charge in [0, 0.05) is 19.2 Å². The number of nitrogens with zero attached hydrogens (tertiary/aromatic N) is 1. The summed E-state index contributed by atoms with van der Waals surface area (Å²) in [5, 5.41) is 8.73. The number of aryl methyl sites for hydroxylation is 1. The van der Waals surface area contributed by atoms with E-state index < -0.39 is 10.0 Å². The third-order valence-corrected chi connectivity index (χ3v) is 5.63. The molecule has 0 aliphatic carbocycles. The molecule has 0 radical (unpaired) electrons. The van der Waals surface area contributed by atoms with Gasteiger partial charge in [-0.05, 0) is 31.0 Å². The van der Waals surface area contributed by atoms with Gasteiger partial charge in [0.1, 0.15) is 6.61 Å². The highest BCUT2D eigenvalue weighted by atomic mass is 32.2. The van der Waals surface area contributed by atoms with Crippen LogP contribution >= 0.6 is 0 Å². The van der Waals surface area contributed by atoms with Crippen LogP contribution in [0.4, 0.5) is 0 Å². The van der Waals surface area contributed by atoms with E-state index in [1.165, 1.54) is 4.31 Å². The number of aliphatic hydroxyl groups is 1. The Kier molecular flexibility index (Phi) is 5.01. The molecule has 0 spiro atoms. The van der Waals surface area contributed by atoms with Crippen LogP contribution in [-0.4, -0.2) is 50.7 Å². The molecule has 1 aliphatic heterocycles. The summed E-state index contributed by atoms with van der Waals surface area (Å²) < 4.78 is 32.1. The molecular formula is C15H19NO4S. The predicted octanol–water partition coefficient (Wildman–Crippen LogP) is 0.748. The first-order valence-electron chi connectivity index (χ1n) is 6.73. The van der Waals surface area contributed by atoms with Gasteiger partial charge in [0.2, 0.25) is 10.0 Å². The fraction of sp³-hybridized carbons (Fsp3) is 0.467. The average molecular weight is 309 g/mol. The van der Waals surface area contributed by atoms with Crippen LogP contribution in [0.3, 0.4) is 0 Å². The summed E-state index contributed by atoms with van der Waals surface area (Å²) in [7, 11) is -1.99. The van der Waals surface area contributed by atoms with Crippen LogP contribution in [0, 0.1) is 18.8 Å². The number of rotatable bonds is 3.